The highest BCUT2D eigenvalue weighted by atomic mass is 19.1. The molecule has 0 spiro atoms. The van der Waals surface area contributed by atoms with Gasteiger partial charge in [-0.25, -0.2) is 9.37 Å². The predicted molar refractivity (Wildman–Crippen MR) is 130 cm³/mol. The van der Waals surface area contributed by atoms with Gasteiger partial charge in [0.05, 0.1) is 12.6 Å². The van der Waals surface area contributed by atoms with E-state index in [0.29, 0.717) is 29.8 Å². The Hall–Kier alpha value is -2.86. The monoisotopic (exact) mass is 436 g/mol. The second-order valence-electron chi connectivity index (χ2n) is 8.89. The fraction of sp³-hybridized carbons (Fsp3) is 0.423. The van der Waals surface area contributed by atoms with Gasteiger partial charge in [0.2, 0.25) is 0 Å². The average molecular weight is 437 g/mol. The van der Waals surface area contributed by atoms with Gasteiger partial charge in [0.15, 0.2) is 0 Å². The van der Waals surface area contributed by atoms with Crippen molar-refractivity contribution in [2.75, 3.05) is 38.0 Å². The number of benzene rings is 2. The van der Waals surface area contributed by atoms with E-state index in [1.54, 1.807) is 19.2 Å². The molecule has 6 heteroatoms. The fourth-order valence-electron chi connectivity index (χ4n) is 4.55. The topological polar surface area (TPSA) is 49.4 Å². The van der Waals surface area contributed by atoms with Crippen molar-refractivity contribution in [1.82, 2.24) is 10.3 Å². The first-order valence-electron chi connectivity index (χ1n) is 11.4. The zero-order chi connectivity index (χ0) is 22.5. The number of pyridine rings is 1. The minimum absolute atomic E-state index is 0.189. The summed E-state index contributed by atoms with van der Waals surface area (Å²) >= 11 is 0. The lowest BCUT2D eigenvalue weighted by molar-refractivity contribution is 0.323. The van der Waals surface area contributed by atoms with Gasteiger partial charge in [-0.15, -0.1) is 0 Å². The van der Waals surface area contributed by atoms with Gasteiger partial charge < -0.3 is 20.3 Å². The van der Waals surface area contributed by atoms with Crippen molar-refractivity contribution in [2.45, 2.75) is 38.3 Å². The summed E-state index contributed by atoms with van der Waals surface area (Å²) in [5, 5.41) is 8.28. The first kappa shape index (κ1) is 22.3. The van der Waals surface area contributed by atoms with Crippen molar-refractivity contribution >= 4 is 22.4 Å². The second-order valence-corrected chi connectivity index (χ2v) is 8.89. The van der Waals surface area contributed by atoms with Crippen LogP contribution in [0.1, 0.15) is 31.2 Å². The molecule has 0 bridgehead atoms. The van der Waals surface area contributed by atoms with E-state index in [1.807, 2.05) is 6.07 Å². The van der Waals surface area contributed by atoms with Crippen LogP contribution in [-0.4, -0.2) is 38.8 Å². The molecule has 170 valence electrons. The van der Waals surface area contributed by atoms with E-state index in [4.69, 9.17) is 9.72 Å². The van der Waals surface area contributed by atoms with E-state index in [0.717, 1.165) is 43.6 Å². The van der Waals surface area contributed by atoms with Gasteiger partial charge in [-0.3, -0.25) is 0 Å². The van der Waals surface area contributed by atoms with Crippen LogP contribution in [0.15, 0.2) is 48.5 Å². The molecule has 1 heterocycles. The molecule has 1 fully saturated rings. The van der Waals surface area contributed by atoms with Gasteiger partial charge in [0.1, 0.15) is 17.4 Å². The molecule has 2 aromatic carbocycles. The Morgan fingerprint density at radius 3 is 2.59 bits per heavy atom. The number of nitrogens with one attached hydrogen (secondary N) is 2. The van der Waals surface area contributed by atoms with Crippen molar-refractivity contribution < 1.29 is 9.13 Å². The summed E-state index contributed by atoms with van der Waals surface area (Å²) in [7, 11) is 5.74. The first-order chi connectivity index (χ1) is 15.5. The van der Waals surface area contributed by atoms with Crippen molar-refractivity contribution in [3.05, 3.63) is 59.9 Å². The maximum absolute atomic E-state index is 14.0. The smallest absolute Gasteiger partial charge is 0.128 e. The molecule has 0 aliphatic heterocycles. The number of hydrogen-bond acceptors (Lipinski definition) is 5. The van der Waals surface area contributed by atoms with Crippen LogP contribution in [0.3, 0.4) is 0 Å². The number of aromatic nitrogens is 1. The van der Waals surface area contributed by atoms with E-state index in [9.17, 15) is 4.39 Å². The molecule has 1 aromatic heterocycles. The normalized spacial score (nSPS) is 18.5. The average Bonchev–Trinajstić information content (AvgIpc) is 2.81. The molecule has 0 amide bonds. The molecule has 0 radical (unpaired) electrons. The maximum Gasteiger partial charge on any atom is 0.128 e. The third-order valence-corrected chi connectivity index (χ3v) is 6.38. The number of hydrogen-bond donors (Lipinski definition) is 2. The van der Waals surface area contributed by atoms with Gasteiger partial charge in [-0.2, -0.15) is 0 Å². The molecule has 0 saturated heterocycles. The Labute approximate surface area is 190 Å². The highest BCUT2D eigenvalue weighted by Crippen LogP contribution is 2.30. The van der Waals surface area contributed by atoms with Crippen LogP contribution in [0, 0.1) is 11.7 Å². The third-order valence-electron chi connectivity index (χ3n) is 6.38. The van der Waals surface area contributed by atoms with E-state index in [-0.39, 0.29) is 5.82 Å². The van der Waals surface area contributed by atoms with E-state index in [2.05, 4.69) is 53.9 Å². The zero-order valence-corrected chi connectivity index (χ0v) is 19.2. The Kier molecular flexibility index (Phi) is 7.10. The number of nitrogens with zero attached hydrogens (tertiary/aromatic N) is 2. The van der Waals surface area contributed by atoms with E-state index < -0.39 is 0 Å². The number of rotatable bonds is 8. The number of anilines is 2. The van der Waals surface area contributed by atoms with Crippen molar-refractivity contribution in [1.29, 1.82) is 0 Å². The predicted octanol–water partition coefficient (Wildman–Crippen LogP) is 5.21. The molecular formula is C26H33FN4O. The molecular weight excluding hydrogens is 403 g/mol. The minimum Gasteiger partial charge on any atom is -0.497 e. The number of halogens is 1. The number of para-hydroxylation sites is 1. The van der Waals surface area contributed by atoms with Crippen LogP contribution in [0.4, 0.5) is 15.9 Å². The summed E-state index contributed by atoms with van der Waals surface area (Å²) in [6.45, 7) is 1.43. The molecule has 0 unspecified atom stereocenters. The highest BCUT2D eigenvalue weighted by molar-refractivity contribution is 5.93. The molecule has 32 heavy (non-hydrogen) atoms. The highest BCUT2D eigenvalue weighted by Gasteiger charge is 2.22. The van der Waals surface area contributed by atoms with Crippen molar-refractivity contribution in [3.8, 4) is 5.75 Å². The summed E-state index contributed by atoms with van der Waals surface area (Å²) in [5.41, 5.74) is 2.85. The Morgan fingerprint density at radius 1 is 1.06 bits per heavy atom. The quantitative estimate of drug-likeness (QED) is 0.508. The van der Waals surface area contributed by atoms with Crippen molar-refractivity contribution in [2.24, 2.45) is 5.92 Å². The maximum atomic E-state index is 14.0. The zero-order valence-electron chi connectivity index (χ0n) is 19.2. The number of fused-ring (bicyclic) bond motifs is 1. The number of methoxy groups -OCH3 is 1. The lowest BCUT2D eigenvalue weighted by Crippen LogP contribution is -2.31. The van der Waals surface area contributed by atoms with Crippen LogP contribution in [0.25, 0.3) is 10.9 Å². The first-order valence-corrected chi connectivity index (χ1v) is 11.4. The molecule has 3 aromatic rings. The molecule has 1 aliphatic carbocycles. The van der Waals surface area contributed by atoms with Crippen LogP contribution >= 0.6 is 0 Å². The summed E-state index contributed by atoms with van der Waals surface area (Å²) < 4.78 is 19.2. The molecule has 4 rings (SSSR count). The Morgan fingerprint density at radius 2 is 1.84 bits per heavy atom. The summed E-state index contributed by atoms with van der Waals surface area (Å²) in [4.78, 5) is 6.98. The number of ether oxygens (including phenoxy) is 1. The van der Waals surface area contributed by atoms with Gasteiger partial charge in [-0.1, -0.05) is 18.2 Å². The Bertz CT molecular complexity index is 1050. The largest absolute Gasteiger partial charge is 0.497 e. The van der Waals surface area contributed by atoms with Gasteiger partial charge in [0, 0.05) is 49.4 Å². The summed E-state index contributed by atoms with van der Waals surface area (Å²) in [6, 6.07) is 15.8. The van der Waals surface area contributed by atoms with Crippen LogP contribution in [0.5, 0.6) is 5.75 Å². The van der Waals surface area contributed by atoms with Crippen LogP contribution in [-0.2, 0) is 6.54 Å². The van der Waals surface area contributed by atoms with Gasteiger partial charge in [-0.05, 0) is 62.4 Å². The molecule has 0 atom stereocenters. The fourth-order valence-corrected chi connectivity index (χ4v) is 4.55. The minimum atomic E-state index is -0.189. The Balaban J connectivity index is 1.29. The van der Waals surface area contributed by atoms with Crippen LogP contribution < -0.4 is 20.3 Å². The molecule has 5 nitrogen and oxygen atoms in total. The lowest BCUT2D eigenvalue weighted by Gasteiger charge is -2.30. The van der Waals surface area contributed by atoms with Gasteiger partial charge >= 0.3 is 0 Å². The third kappa shape index (κ3) is 5.30. The summed E-state index contributed by atoms with van der Waals surface area (Å²) in [5.74, 6) is 2.06. The second kappa shape index (κ2) is 10.2. The van der Waals surface area contributed by atoms with E-state index >= 15 is 0 Å². The standard InChI is InChI=1S/C26H33FN4O/c1-31(2)25-15-26(30-24-7-5-4-6-22(24)25)29-20-10-8-18(9-11-20)16-28-17-19-14-21(32-3)12-13-23(19)27/h4-7,12-15,18,20,28H,8-11,16-17H2,1-3H3,(H,29,30). The van der Waals surface area contributed by atoms with Crippen molar-refractivity contribution in [3.63, 3.8) is 0 Å². The van der Waals surface area contributed by atoms with Gasteiger partial charge in [0.25, 0.3) is 0 Å². The molecule has 1 aliphatic rings. The molecule has 1 saturated carbocycles. The SMILES string of the molecule is COc1ccc(F)c(CNCC2CCC(Nc3cc(N(C)C)c4ccccc4n3)CC2)c1. The van der Waals surface area contributed by atoms with E-state index in [1.165, 1.54) is 17.1 Å². The summed E-state index contributed by atoms with van der Waals surface area (Å²) in [6.07, 6.45) is 4.54. The lowest BCUT2D eigenvalue weighted by atomic mass is 9.86. The van der Waals surface area contributed by atoms with Crippen LogP contribution in [0.2, 0.25) is 0 Å². The molecule has 2 N–H and O–H groups in total.